The second-order valence-corrected chi connectivity index (χ2v) is 3.12. The molecule has 12 heavy (non-hydrogen) atoms. The Balaban J connectivity index is 0.000000354. The molecule has 3 nitrogen and oxygen atoms in total. The molecule has 0 unspecified atom stereocenters. The maximum atomic E-state index is 3.88. The number of nitrogens with zero attached hydrogens (tertiary/aromatic N) is 3. The first kappa shape index (κ1) is 11.1. The van der Waals surface area contributed by atoms with Crippen LogP contribution >= 0.6 is 0 Å². The van der Waals surface area contributed by atoms with E-state index in [-0.39, 0.29) is 0 Å². The molecule has 1 rings (SSSR count). The summed E-state index contributed by atoms with van der Waals surface area (Å²) in [4.78, 5) is 0. The van der Waals surface area contributed by atoms with Gasteiger partial charge in [0, 0.05) is 6.04 Å². The number of aromatic nitrogens is 3. The Kier molecular flexibility index (Phi) is 5.34. The average molecular weight is 169 g/mol. The van der Waals surface area contributed by atoms with E-state index < -0.39 is 0 Å². The van der Waals surface area contributed by atoms with Crippen LogP contribution in [0, 0.1) is 6.92 Å². The molecule has 1 heterocycles. The van der Waals surface area contributed by atoms with Gasteiger partial charge in [0.05, 0.1) is 11.9 Å². The van der Waals surface area contributed by atoms with Crippen LogP contribution in [-0.2, 0) is 0 Å². The van der Waals surface area contributed by atoms with E-state index in [2.05, 4.69) is 38.0 Å². The predicted molar refractivity (Wildman–Crippen MR) is 51.1 cm³/mol. The van der Waals surface area contributed by atoms with Gasteiger partial charge in [-0.05, 0) is 20.8 Å². The molecule has 0 N–H and O–H groups in total. The summed E-state index contributed by atoms with van der Waals surface area (Å²) in [6, 6.07) is 0.424. The molecular formula is C9H19N3. The lowest BCUT2D eigenvalue weighted by molar-refractivity contribution is 0.502. The zero-order chi connectivity index (χ0) is 9.56. The first-order valence-electron chi connectivity index (χ1n) is 4.50. The maximum Gasteiger partial charge on any atom is 0.0722 e. The summed E-state index contributed by atoms with van der Waals surface area (Å²) >= 11 is 0. The third-order valence-corrected chi connectivity index (χ3v) is 1.24. The molecule has 0 aliphatic rings. The highest BCUT2D eigenvalue weighted by molar-refractivity contribution is 4.89. The Morgan fingerprint density at radius 2 is 1.92 bits per heavy atom. The molecule has 0 bridgehead atoms. The van der Waals surface area contributed by atoms with Gasteiger partial charge in [-0.1, -0.05) is 25.5 Å². The van der Waals surface area contributed by atoms with Crippen molar-refractivity contribution in [3.05, 3.63) is 11.9 Å². The summed E-state index contributed by atoms with van der Waals surface area (Å²) in [7, 11) is 0. The van der Waals surface area contributed by atoms with Crippen molar-refractivity contribution in [3.63, 3.8) is 0 Å². The van der Waals surface area contributed by atoms with Gasteiger partial charge < -0.3 is 0 Å². The minimum Gasteiger partial charge on any atom is -0.247 e. The summed E-state index contributed by atoms with van der Waals surface area (Å²) in [6.45, 7) is 10.4. The van der Waals surface area contributed by atoms with Crippen LogP contribution in [-0.4, -0.2) is 15.0 Å². The molecule has 0 amide bonds. The SMILES string of the molecule is CCC.Cc1cnnn1C(C)C. The van der Waals surface area contributed by atoms with Gasteiger partial charge >= 0.3 is 0 Å². The molecule has 0 spiro atoms. The van der Waals surface area contributed by atoms with Gasteiger partial charge in [0.25, 0.3) is 0 Å². The molecule has 0 aliphatic heterocycles. The Hall–Kier alpha value is -0.860. The highest BCUT2D eigenvalue weighted by Gasteiger charge is 1.99. The van der Waals surface area contributed by atoms with E-state index in [0.29, 0.717) is 6.04 Å². The third kappa shape index (κ3) is 3.51. The molecule has 3 heteroatoms. The van der Waals surface area contributed by atoms with E-state index in [1.807, 2.05) is 11.6 Å². The van der Waals surface area contributed by atoms with Gasteiger partial charge in [-0.2, -0.15) is 0 Å². The fourth-order valence-electron chi connectivity index (χ4n) is 0.805. The average Bonchev–Trinajstić information content (AvgIpc) is 2.36. The van der Waals surface area contributed by atoms with Gasteiger partial charge in [0.1, 0.15) is 0 Å². The monoisotopic (exact) mass is 169 g/mol. The van der Waals surface area contributed by atoms with Crippen LogP contribution in [0.25, 0.3) is 0 Å². The smallest absolute Gasteiger partial charge is 0.0722 e. The molecule has 0 aliphatic carbocycles. The van der Waals surface area contributed by atoms with E-state index in [4.69, 9.17) is 0 Å². The molecule has 70 valence electrons. The van der Waals surface area contributed by atoms with E-state index in [1.165, 1.54) is 6.42 Å². The van der Waals surface area contributed by atoms with Crippen LogP contribution in [0.5, 0.6) is 0 Å². The summed E-state index contributed by atoms with van der Waals surface area (Å²) in [5.41, 5.74) is 1.12. The van der Waals surface area contributed by atoms with Gasteiger partial charge in [0.15, 0.2) is 0 Å². The van der Waals surface area contributed by atoms with Crippen LogP contribution in [0.3, 0.4) is 0 Å². The van der Waals surface area contributed by atoms with Crippen LogP contribution in [0.2, 0.25) is 0 Å². The summed E-state index contributed by atoms with van der Waals surface area (Å²) < 4.78 is 1.89. The molecule has 1 aromatic heterocycles. The van der Waals surface area contributed by atoms with Crippen molar-refractivity contribution in [1.29, 1.82) is 0 Å². The van der Waals surface area contributed by atoms with Gasteiger partial charge in [-0.3, -0.25) is 0 Å². The van der Waals surface area contributed by atoms with Crippen molar-refractivity contribution < 1.29 is 0 Å². The van der Waals surface area contributed by atoms with Gasteiger partial charge in [0.2, 0.25) is 0 Å². The Labute approximate surface area is 74.8 Å². The summed E-state index contributed by atoms with van der Waals surface area (Å²) in [5, 5.41) is 7.64. The largest absolute Gasteiger partial charge is 0.247 e. The van der Waals surface area contributed by atoms with E-state index in [0.717, 1.165) is 5.69 Å². The standard InChI is InChI=1S/C6H11N3.C3H8/c1-5(2)9-6(3)4-7-8-9;1-3-2/h4-5H,1-3H3;3H2,1-2H3. The zero-order valence-corrected chi connectivity index (χ0v) is 8.70. The predicted octanol–water partition coefficient (Wildman–Crippen LogP) is 2.58. The van der Waals surface area contributed by atoms with E-state index >= 15 is 0 Å². The molecule has 0 saturated carbocycles. The fraction of sp³-hybridized carbons (Fsp3) is 0.778. The molecule has 0 aromatic carbocycles. The quantitative estimate of drug-likeness (QED) is 0.647. The van der Waals surface area contributed by atoms with Crippen LogP contribution in [0.1, 0.15) is 45.9 Å². The Bertz CT molecular complexity index is 203. The number of hydrogen-bond acceptors (Lipinski definition) is 2. The molecule has 0 fully saturated rings. The highest BCUT2D eigenvalue weighted by Crippen LogP contribution is 2.03. The number of rotatable bonds is 1. The molecule has 0 atom stereocenters. The first-order chi connectivity index (χ1) is 5.63. The van der Waals surface area contributed by atoms with Crippen molar-refractivity contribution in [2.75, 3.05) is 0 Å². The Morgan fingerprint density at radius 1 is 1.42 bits per heavy atom. The second-order valence-electron chi connectivity index (χ2n) is 3.12. The van der Waals surface area contributed by atoms with Crippen LogP contribution in [0.4, 0.5) is 0 Å². The lowest BCUT2D eigenvalue weighted by Crippen LogP contribution is -2.04. The van der Waals surface area contributed by atoms with E-state index in [1.54, 1.807) is 6.20 Å². The van der Waals surface area contributed by atoms with Crippen molar-refractivity contribution >= 4 is 0 Å². The summed E-state index contributed by atoms with van der Waals surface area (Å²) in [5.74, 6) is 0. The van der Waals surface area contributed by atoms with Crippen molar-refractivity contribution in [2.24, 2.45) is 0 Å². The van der Waals surface area contributed by atoms with E-state index in [9.17, 15) is 0 Å². The molecule has 0 radical (unpaired) electrons. The Morgan fingerprint density at radius 3 is 2.08 bits per heavy atom. The van der Waals surface area contributed by atoms with Crippen molar-refractivity contribution in [3.8, 4) is 0 Å². The maximum absolute atomic E-state index is 3.88. The lowest BCUT2D eigenvalue weighted by atomic mass is 10.4. The minimum atomic E-state index is 0.424. The van der Waals surface area contributed by atoms with Gasteiger partial charge in [-0.25, -0.2) is 4.68 Å². The zero-order valence-electron chi connectivity index (χ0n) is 8.70. The molecular weight excluding hydrogens is 150 g/mol. The minimum absolute atomic E-state index is 0.424. The number of hydrogen-bond donors (Lipinski definition) is 0. The lowest BCUT2D eigenvalue weighted by Gasteiger charge is -2.04. The van der Waals surface area contributed by atoms with Gasteiger partial charge in [-0.15, -0.1) is 5.10 Å². The highest BCUT2D eigenvalue weighted by atomic mass is 15.4. The fourth-order valence-corrected chi connectivity index (χ4v) is 0.805. The summed E-state index contributed by atoms with van der Waals surface area (Å²) in [6.07, 6.45) is 3.01. The number of aryl methyl sites for hydroxylation is 1. The molecule has 0 saturated heterocycles. The second kappa shape index (κ2) is 5.75. The third-order valence-electron chi connectivity index (χ3n) is 1.24. The first-order valence-corrected chi connectivity index (χ1v) is 4.50. The molecule has 1 aromatic rings. The topological polar surface area (TPSA) is 30.7 Å². The van der Waals surface area contributed by atoms with Crippen LogP contribution < -0.4 is 0 Å². The van der Waals surface area contributed by atoms with Crippen LogP contribution in [0.15, 0.2) is 6.20 Å². The normalized spacial score (nSPS) is 9.50. The van der Waals surface area contributed by atoms with Crippen molar-refractivity contribution in [2.45, 2.75) is 47.1 Å². The van der Waals surface area contributed by atoms with Crippen molar-refractivity contribution in [1.82, 2.24) is 15.0 Å².